The molecule has 0 atom stereocenters. The van der Waals surface area contributed by atoms with Crippen molar-refractivity contribution >= 4 is 5.91 Å². The molecule has 0 heterocycles. The standard InChI is InChI=1S/C9H17NO2/c1-2-9(11)10(12)8-6-4-3-5-7-8/h8,12H,2-7H2,1H3. The minimum absolute atomic E-state index is 0.0891. The Labute approximate surface area is 73.3 Å². The van der Waals surface area contributed by atoms with Crippen molar-refractivity contribution in [3.05, 3.63) is 0 Å². The molecule has 70 valence electrons. The Morgan fingerprint density at radius 3 is 2.50 bits per heavy atom. The van der Waals surface area contributed by atoms with Crippen LogP contribution in [0.15, 0.2) is 0 Å². The van der Waals surface area contributed by atoms with Gasteiger partial charge in [0.05, 0.1) is 6.04 Å². The van der Waals surface area contributed by atoms with E-state index in [4.69, 9.17) is 0 Å². The van der Waals surface area contributed by atoms with E-state index in [0.717, 1.165) is 30.7 Å². The zero-order valence-electron chi connectivity index (χ0n) is 7.62. The summed E-state index contributed by atoms with van der Waals surface area (Å²) < 4.78 is 0. The third-order valence-electron chi connectivity index (χ3n) is 2.48. The molecule has 1 fully saturated rings. The van der Waals surface area contributed by atoms with Gasteiger partial charge in [-0.05, 0) is 12.8 Å². The first-order valence-corrected chi connectivity index (χ1v) is 4.76. The van der Waals surface area contributed by atoms with Crippen molar-refractivity contribution in [3.8, 4) is 0 Å². The summed E-state index contributed by atoms with van der Waals surface area (Å²) in [6, 6.07) is 0.0891. The average Bonchev–Trinajstić information content (AvgIpc) is 2.17. The lowest BCUT2D eigenvalue weighted by Gasteiger charge is -2.28. The second-order valence-corrected chi connectivity index (χ2v) is 3.38. The fourth-order valence-corrected chi connectivity index (χ4v) is 1.69. The van der Waals surface area contributed by atoms with Crippen LogP contribution >= 0.6 is 0 Å². The van der Waals surface area contributed by atoms with E-state index in [0.29, 0.717) is 6.42 Å². The fraction of sp³-hybridized carbons (Fsp3) is 0.889. The lowest BCUT2D eigenvalue weighted by Crippen LogP contribution is -2.38. The van der Waals surface area contributed by atoms with Crippen LogP contribution in [0.1, 0.15) is 45.4 Å². The highest BCUT2D eigenvalue weighted by atomic mass is 16.5. The molecule has 0 aromatic carbocycles. The zero-order chi connectivity index (χ0) is 8.97. The van der Waals surface area contributed by atoms with Crippen molar-refractivity contribution < 1.29 is 10.0 Å². The van der Waals surface area contributed by atoms with Crippen LogP contribution in [0.3, 0.4) is 0 Å². The Balaban J connectivity index is 2.39. The second kappa shape index (κ2) is 4.45. The molecule has 3 heteroatoms. The van der Waals surface area contributed by atoms with Crippen LogP contribution in [0.5, 0.6) is 0 Å². The van der Waals surface area contributed by atoms with Crippen LogP contribution < -0.4 is 0 Å². The van der Waals surface area contributed by atoms with Gasteiger partial charge < -0.3 is 0 Å². The van der Waals surface area contributed by atoms with Crippen molar-refractivity contribution in [2.75, 3.05) is 0 Å². The third kappa shape index (κ3) is 2.21. The Kier molecular flexibility index (Phi) is 3.53. The highest BCUT2D eigenvalue weighted by Gasteiger charge is 2.22. The van der Waals surface area contributed by atoms with Crippen molar-refractivity contribution in [2.24, 2.45) is 0 Å². The van der Waals surface area contributed by atoms with Gasteiger partial charge in [-0.15, -0.1) is 0 Å². The summed E-state index contributed by atoms with van der Waals surface area (Å²) in [6.07, 6.45) is 5.83. The van der Waals surface area contributed by atoms with Gasteiger partial charge >= 0.3 is 0 Å². The van der Waals surface area contributed by atoms with E-state index in [1.54, 1.807) is 6.92 Å². The molecule has 1 aliphatic carbocycles. The number of carbonyl (C=O) groups is 1. The van der Waals surface area contributed by atoms with E-state index in [9.17, 15) is 10.0 Å². The molecule has 0 spiro atoms. The molecule has 1 amide bonds. The predicted molar refractivity (Wildman–Crippen MR) is 45.8 cm³/mol. The summed E-state index contributed by atoms with van der Waals surface area (Å²) in [5, 5.41) is 10.4. The number of carbonyl (C=O) groups excluding carboxylic acids is 1. The largest absolute Gasteiger partial charge is 0.286 e. The topological polar surface area (TPSA) is 40.5 Å². The van der Waals surface area contributed by atoms with E-state index in [1.807, 2.05) is 0 Å². The molecule has 0 radical (unpaired) electrons. The van der Waals surface area contributed by atoms with Gasteiger partial charge in [-0.2, -0.15) is 0 Å². The number of hydrogen-bond donors (Lipinski definition) is 1. The van der Waals surface area contributed by atoms with Crippen molar-refractivity contribution in [1.29, 1.82) is 0 Å². The SMILES string of the molecule is CCC(=O)N(O)C1CCCCC1. The molecule has 0 saturated heterocycles. The lowest BCUT2D eigenvalue weighted by molar-refractivity contribution is -0.178. The van der Waals surface area contributed by atoms with E-state index in [1.165, 1.54) is 6.42 Å². The Morgan fingerprint density at radius 1 is 1.42 bits per heavy atom. The highest BCUT2D eigenvalue weighted by molar-refractivity contribution is 5.74. The summed E-state index contributed by atoms with van der Waals surface area (Å²) in [6.45, 7) is 1.77. The maximum absolute atomic E-state index is 11.1. The average molecular weight is 171 g/mol. The maximum Gasteiger partial charge on any atom is 0.245 e. The summed E-state index contributed by atoms with van der Waals surface area (Å²) in [7, 11) is 0. The van der Waals surface area contributed by atoms with Crippen molar-refractivity contribution in [3.63, 3.8) is 0 Å². The van der Waals surface area contributed by atoms with Gasteiger partial charge in [0.25, 0.3) is 0 Å². The van der Waals surface area contributed by atoms with E-state index in [-0.39, 0.29) is 11.9 Å². The molecule has 1 rings (SSSR count). The molecule has 0 aromatic rings. The Morgan fingerprint density at radius 2 is 2.00 bits per heavy atom. The molecule has 0 bridgehead atoms. The number of rotatable bonds is 2. The van der Waals surface area contributed by atoms with Gasteiger partial charge in [0.15, 0.2) is 0 Å². The van der Waals surface area contributed by atoms with E-state index in [2.05, 4.69) is 0 Å². The monoisotopic (exact) mass is 171 g/mol. The first-order valence-electron chi connectivity index (χ1n) is 4.76. The molecule has 1 N–H and O–H groups in total. The molecular formula is C9H17NO2. The molecule has 1 aliphatic rings. The summed E-state index contributed by atoms with van der Waals surface area (Å²) in [5.74, 6) is -0.151. The van der Waals surface area contributed by atoms with Crippen LogP contribution in [-0.2, 0) is 4.79 Å². The van der Waals surface area contributed by atoms with Crippen LogP contribution in [0, 0.1) is 0 Å². The van der Waals surface area contributed by atoms with Crippen molar-refractivity contribution in [2.45, 2.75) is 51.5 Å². The Hall–Kier alpha value is -0.570. The molecular weight excluding hydrogens is 154 g/mol. The van der Waals surface area contributed by atoms with Crippen LogP contribution in [0.4, 0.5) is 0 Å². The van der Waals surface area contributed by atoms with Gasteiger partial charge in [-0.1, -0.05) is 26.2 Å². The number of hydrogen-bond acceptors (Lipinski definition) is 2. The fourth-order valence-electron chi connectivity index (χ4n) is 1.69. The Bertz CT molecular complexity index is 153. The van der Waals surface area contributed by atoms with Crippen LogP contribution in [-0.4, -0.2) is 22.2 Å². The number of hydroxylamine groups is 2. The van der Waals surface area contributed by atoms with Crippen molar-refractivity contribution in [1.82, 2.24) is 5.06 Å². The third-order valence-corrected chi connectivity index (χ3v) is 2.48. The van der Waals surface area contributed by atoms with Crippen LogP contribution in [0.25, 0.3) is 0 Å². The highest BCUT2D eigenvalue weighted by Crippen LogP contribution is 2.21. The van der Waals surface area contributed by atoms with Gasteiger partial charge in [0.1, 0.15) is 0 Å². The van der Waals surface area contributed by atoms with E-state index >= 15 is 0 Å². The minimum atomic E-state index is -0.151. The number of nitrogens with zero attached hydrogens (tertiary/aromatic N) is 1. The normalized spacial score (nSPS) is 19.2. The van der Waals surface area contributed by atoms with Gasteiger partial charge in [-0.25, -0.2) is 5.06 Å². The van der Waals surface area contributed by atoms with Crippen LogP contribution in [0.2, 0.25) is 0 Å². The molecule has 0 unspecified atom stereocenters. The maximum atomic E-state index is 11.1. The second-order valence-electron chi connectivity index (χ2n) is 3.38. The molecule has 1 saturated carbocycles. The zero-order valence-corrected chi connectivity index (χ0v) is 7.62. The molecule has 0 aliphatic heterocycles. The summed E-state index contributed by atoms with van der Waals surface area (Å²) in [5.41, 5.74) is 0. The smallest absolute Gasteiger partial charge is 0.245 e. The first-order chi connectivity index (χ1) is 5.75. The first kappa shape index (κ1) is 9.52. The molecule has 0 aromatic heterocycles. The lowest BCUT2D eigenvalue weighted by atomic mass is 9.95. The predicted octanol–water partition coefficient (Wildman–Crippen LogP) is 1.95. The van der Waals surface area contributed by atoms with E-state index < -0.39 is 0 Å². The molecule has 3 nitrogen and oxygen atoms in total. The quantitative estimate of drug-likeness (QED) is 0.509. The van der Waals surface area contributed by atoms with Gasteiger partial charge in [-0.3, -0.25) is 10.0 Å². The van der Waals surface area contributed by atoms with Gasteiger partial charge in [0.2, 0.25) is 5.91 Å². The number of amides is 1. The van der Waals surface area contributed by atoms with Gasteiger partial charge in [0, 0.05) is 6.42 Å². The summed E-state index contributed by atoms with van der Waals surface area (Å²) >= 11 is 0. The molecule has 12 heavy (non-hydrogen) atoms. The minimum Gasteiger partial charge on any atom is -0.286 e. The summed E-state index contributed by atoms with van der Waals surface area (Å²) in [4.78, 5) is 11.1.